The second-order valence-corrected chi connectivity index (χ2v) is 19.3. The number of thiocarbonyl (C=S) groups is 2. The molecule has 0 aliphatic rings. The Balaban J connectivity index is 2.03. The maximum Gasteiger partial charge on any atom is 0.319 e. The van der Waals surface area contributed by atoms with Crippen molar-refractivity contribution in [1.29, 1.82) is 0 Å². The van der Waals surface area contributed by atoms with Gasteiger partial charge in [-0.1, -0.05) is 109 Å². The molecule has 0 aromatic heterocycles. The van der Waals surface area contributed by atoms with Crippen LogP contribution in [0.2, 0.25) is 19.1 Å². The second-order valence-electron chi connectivity index (χ2n) is 10.8. The third-order valence-corrected chi connectivity index (χ3v) is 12.2. The molecule has 0 heterocycles. The van der Waals surface area contributed by atoms with E-state index in [1.807, 2.05) is 60.7 Å². The molecule has 7 nitrogen and oxygen atoms in total. The molecule has 43 heavy (non-hydrogen) atoms. The van der Waals surface area contributed by atoms with E-state index in [1.165, 1.54) is 23.5 Å². The van der Waals surface area contributed by atoms with Crippen molar-refractivity contribution in [1.82, 2.24) is 0 Å². The molecule has 0 N–H and O–H groups in total. The van der Waals surface area contributed by atoms with E-state index in [0.717, 1.165) is 17.2 Å². The fourth-order valence-electron chi connectivity index (χ4n) is 3.50. The highest BCUT2D eigenvalue weighted by molar-refractivity contribution is 8.24. The molecule has 0 saturated carbocycles. The molecule has 0 aliphatic carbocycles. The normalized spacial score (nSPS) is 14.1. The minimum Gasteiger partial charge on any atom is -0.465 e. The highest BCUT2D eigenvalue weighted by Gasteiger charge is 2.40. The van der Waals surface area contributed by atoms with E-state index < -0.39 is 42.1 Å². The van der Waals surface area contributed by atoms with Crippen LogP contribution < -0.4 is 0 Å². The second kappa shape index (κ2) is 18.0. The summed E-state index contributed by atoms with van der Waals surface area (Å²) in [6, 6.07) is 19.6. The Morgan fingerprint density at radius 1 is 0.791 bits per heavy atom. The van der Waals surface area contributed by atoms with Gasteiger partial charge in [0.25, 0.3) is 0 Å². The SMILES string of the molecule is CO[Si](C)(C)CCCOC(=O)C(C)(COC(=O)C(C)SC(=S)c1ccccc1)COC(=O)C(C)SC(=S)c1ccccc1. The lowest BCUT2D eigenvalue weighted by Gasteiger charge is -2.28. The van der Waals surface area contributed by atoms with Crippen molar-refractivity contribution < 1.29 is 33.0 Å². The molecule has 0 amide bonds. The number of thioether (sulfide) groups is 2. The Kier molecular flexibility index (Phi) is 15.5. The lowest BCUT2D eigenvalue weighted by atomic mass is 9.93. The summed E-state index contributed by atoms with van der Waals surface area (Å²) >= 11 is 13.3. The molecule has 2 atom stereocenters. The molecule has 2 aromatic carbocycles. The Labute approximate surface area is 275 Å². The van der Waals surface area contributed by atoms with E-state index in [9.17, 15) is 14.4 Å². The Bertz CT molecular complexity index is 1170. The first-order chi connectivity index (χ1) is 20.3. The van der Waals surface area contributed by atoms with Gasteiger partial charge in [0, 0.05) is 7.11 Å². The van der Waals surface area contributed by atoms with Crippen molar-refractivity contribution in [2.75, 3.05) is 26.9 Å². The van der Waals surface area contributed by atoms with E-state index in [4.69, 9.17) is 43.1 Å². The Morgan fingerprint density at radius 2 is 1.21 bits per heavy atom. The lowest BCUT2D eigenvalue weighted by Crippen LogP contribution is -2.42. The number of carbonyl (C=O) groups excluding carboxylic acids is 3. The maximum atomic E-state index is 13.3. The van der Waals surface area contributed by atoms with E-state index in [0.29, 0.717) is 14.8 Å². The van der Waals surface area contributed by atoms with E-state index in [1.54, 1.807) is 27.9 Å². The van der Waals surface area contributed by atoms with E-state index >= 15 is 0 Å². The van der Waals surface area contributed by atoms with Crippen LogP contribution in [0.25, 0.3) is 0 Å². The molecule has 12 heteroatoms. The maximum absolute atomic E-state index is 13.3. The summed E-state index contributed by atoms with van der Waals surface area (Å²) in [5.74, 6) is -1.71. The molecule has 0 spiro atoms. The molecule has 2 rings (SSSR count). The smallest absolute Gasteiger partial charge is 0.319 e. The van der Waals surface area contributed by atoms with Crippen LogP contribution in [0.1, 0.15) is 38.3 Å². The van der Waals surface area contributed by atoms with Gasteiger partial charge in [0.2, 0.25) is 0 Å². The number of hydrogen-bond donors (Lipinski definition) is 0. The molecular weight excluding hydrogens is 641 g/mol. The molecule has 234 valence electrons. The summed E-state index contributed by atoms with van der Waals surface area (Å²) in [7, 11) is -0.123. The third kappa shape index (κ3) is 12.8. The first-order valence-electron chi connectivity index (χ1n) is 13.9. The minimum atomic E-state index is -1.81. The van der Waals surface area contributed by atoms with Gasteiger partial charge in [-0.05, 0) is 57.5 Å². The van der Waals surface area contributed by atoms with Crippen molar-refractivity contribution in [3.8, 4) is 0 Å². The van der Waals surface area contributed by atoms with Gasteiger partial charge in [0.1, 0.15) is 29.1 Å². The van der Waals surface area contributed by atoms with Gasteiger partial charge in [0.05, 0.1) is 15.0 Å². The average Bonchev–Trinajstić information content (AvgIpc) is 3.01. The number of hydrogen-bond acceptors (Lipinski definition) is 11. The summed E-state index contributed by atoms with van der Waals surface area (Å²) in [6.07, 6.45) is 0.629. The Hall–Kier alpha value is -2.09. The van der Waals surface area contributed by atoms with Crippen molar-refractivity contribution in [2.24, 2.45) is 5.41 Å². The number of rotatable bonds is 16. The highest BCUT2D eigenvalue weighted by Crippen LogP contribution is 2.26. The zero-order valence-corrected chi connectivity index (χ0v) is 29.7. The molecule has 0 bridgehead atoms. The van der Waals surface area contributed by atoms with Gasteiger partial charge in [0.15, 0.2) is 8.32 Å². The summed E-state index contributed by atoms with van der Waals surface area (Å²) in [5, 5.41) is -1.24. The van der Waals surface area contributed by atoms with E-state index in [2.05, 4.69) is 13.1 Å². The largest absolute Gasteiger partial charge is 0.465 e. The van der Waals surface area contributed by atoms with Crippen LogP contribution in [-0.4, -0.2) is 72.0 Å². The van der Waals surface area contributed by atoms with Crippen LogP contribution in [0, 0.1) is 5.41 Å². The number of carbonyl (C=O) groups is 3. The number of benzene rings is 2. The standard InChI is InChI=1S/C31H40O7S4Si/c1-22(41-28(39)24-14-9-7-10-15-24)26(32)37-20-31(3,30(34)36-18-13-19-43(5,6)35-4)21-38-27(33)23(2)42-29(40)25-16-11-8-12-17-25/h7-12,14-17,22-23H,13,18-21H2,1-6H3. The fraction of sp³-hybridized carbons (Fsp3) is 0.452. The van der Waals surface area contributed by atoms with Gasteiger partial charge in [-0.2, -0.15) is 0 Å². The molecule has 2 aromatic rings. The van der Waals surface area contributed by atoms with Gasteiger partial charge in [-0.15, -0.1) is 0 Å². The first-order valence-corrected chi connectivity index (χ1v) is 19.5. The van der Waals surface area contributed by atoms with Crippen LogP contribution in [0.4, 0.5) is 0 Å². The molecular formula is C31H40O7S4Si. The summed E-state index contributed by atoms with van der Waals surface area (Å²) in [4.78, 5) is 39.1. The van der Waals surface area contributed by atoms with Gasteiger partial charge < -0.3 is 18.6 Å². The topological polar surface area (TPSA) is 88.1 Å². The molecule has 0 fully saturated rings. The third-order valence-electron chi connectivity index (χ3n) is 6.52. The highest BCUT2D eigenvalue weighted by atomic mass is 32.2. The van der Waals surface area contributed by atoms with Crippen LogP contribution in [0.15, 0.2) is 60.7 Å². The van der Waals surface area contributed by atoms with Crippen LogP contribution >= 0.6 is 48.0 Å². The first kappa shape index (κ1) is 37.1. The average molecular weight is 681 g/mol. The lowest BCUT2D eigenvalue weighted by molar-refractivity contribution is -0.169. The quantitative estimate of drug-likeness (QED) is 0.0613. The molecule has 0 aliphatic heterocycles. The summed E-state index contributed by atoms with van der Waals surface area (Å²) in [5.41, 5.74) is 0.246. The fourth-order valence-corrected chi connectivity index (χ4v) is 7.35. The van der Waals surface area contributed by atoms with Gasteiger partial charge >= 0.3 is 17.9 Å². The van der Waals surface area contributed by atoms with Crippen molar-refractivity contribution in [2.45, 2.75) is 56.8 Å². The predicted molar refractivity (Wildman–Crippen MR) is 185 cm³/mol. The van der Waals surface area contributed by atoms with Gasteiger partial charge in [-0.3, -0.25) is 14.4 Å². The van der Waals surface area contributed by atoms with Crippen LogP contribution in [0.3, 0.4) is 0 Å². The zero-order valence-electron chi connectivity index (χ0n) is 25.5. The molecule has 2 unspecified atom stereocenters. The number of esters is 3. The monoisotopic (exact) mass is 680 g/mol. The van der Waals surface area contributed by atoms with Crippen molar-refractivity contribution in [3.63, 3.8) is 0 Å². The predicted octanol–water partition coefficient (Wildman–Crippen LogP) is 6.86. The van der Waals surface area contributed by atoms with Crippen LogP contribution in [0.5, 0.6) is 0 Å². The zero-order chi connectivity index (χ0) is 32.0. The summed E-state index contributed by atoms with van der Waals surface area (Å²) in [6.45, 7) is 8.62. The van der Waals surface area contributed by atoms with Gasteiger partial charge in [-0.25, -0.2) is 0 Å². The van der Waals surface area contributed by atoms with Crippen LogP contribution in [-0.2, 0) is 33.0 Å². The summed E-state index contributed by atoms with van der Waals surface area (Å²) < 4.78 is 23.4. The Morgan fingerprint density at radius 3 is 1.60 bits per heavy atom. The molecule has 0 radical (unpaired) electrons. The molecule has 0 saturated heterocycles. The minimum absolute atomic E-state index is 0.172. The van der Waals surface area contributed by atoms with Crippen molar-refractivity contribution in [3.05, 3.63) is 71.8 Å². The van der Waals surface area contributed by atoms with E-state index in [-0.39, 0.29) is 19.8 Å². The number of ether oxygens (including phenoxy) is 3. The van der Waals surface area contributed by atoms with Crippen molar-refractivity contribution >= 4 is 82.6 Å².